The van der Waals surface area contributed by atoms with Crippen molar-refractivity contribution in [1.82, 2.24) is 0 Å². The fraction of sp³-hybridized carbons (Fsp3) is 0.944. The Morgan fingerprint density at radius 1 is 0.743 bits per heavy atom. The van der Waals surface area contributed by atoms with Crippen LogP contribution in [0.25, 0.3) is 0 Å². The highest BCUT2D eigenvalue weighted by Crippen LogP contribution is 2.26. The highest BCUT2D eigenvalue weighted by molar-refractivity contribution is 6.58. The maximum atomic E-state index is 11.0. The van der Waals surface area contributed by atoms with Crippen molar-refractivity contribution in [2.75, 3.05) is 19.8 Å². The van der Waals surface area contributed by atoms with E-state index >= 15 is 0 Å². The molecule has 0 aromatic rings. The Bertz CT molecular complexity index is 670. The van der Waals surface area contributed by atoms with Crippen LogP contribution in [0.5, 0.6) is 0 Å². The Kier molecular flexibility index (Phi) is 11.5. The number of aliphatic hydroxyl groups is 11. The van der Waals surface area contributed by atoms with E-state index in [0.29, 0.717) is 0 Å². The number of rotatable bonds is 11. The molecule has 2 saturated heterocycles. The normalized spacial score (nSPS) is 41.7. The fourth-order valence-electron chi connectivity index (χ4n) is 3.45. The average Bonchev–Trinajstić information content (AvgIpc) is 2.84. The predicted molar refractivity (Wildman–Crippen MR) is 107 cm³/mol. The molecular formula is C18H31O16Si. The van der Waals surface area contributed by atoms with Gasteiger partial charge in [-0.05, 0) is 0 Å². The van der Waals surface area contributed by atoms with Crippen molar-refractivity contribution in [3.8, 4) is 0 Å². The lowest BCUT2D eigenvalue weighted by Gasteiger charge is -2.42. The Morgan fingerprint density at radius 2 is 1.23 bits per heavy atom. The SMILES string of the molecule is O=C([Si])[C@H](O)[C@@H](O)[C@H](O)[C@H](O)CO[C@H]1O[C@H](CO[C@H]2O[C@H](CO)[C@@H](O)[C@H](O)[C@H]2O)[C@@H](O)[C@H](O)[C@H]1O. The third-order valence-electron chi connectivity index (χ3n) is 5.71. The molecule has 2 rings (SSSR count). The van der Waals surface area contributed by atoms with Crippen LogP contribution in [0.4, 0.5) is 0 Å². The lowest BCUT2D eigenvalue weighted by molar-refractivity contribution is -0.333. The monoisotopic (exact) mass is 531 g/mol. The number of carbonyl (C=O) groups excluding carboxylic acids is 1. The van der Waals surface area contributed by atoms with E-state index in [9.17, 15) is 61.0 Å². The van der Waals surface area contributed by atoms with E-state index in [-0.39, 0.29) is 0 Å². The minimum Gasteiger partial charge on any atom is -0.394 e. The number of hydrogen-bond donors (Lipinski definition) is 11. The van der Waals surface area contributed by atoms with Crippen LogP contribution in [0, 0.1) is 0 Å². The molecule has 0 amide bonds. The van der Waals surface area contributed by atoms with Gasteiger partial charge in [0, 0.05) is 0 Å². The predicted octanol–water partition coefficient (Wildman–Crippen LogP) is -8.23. The van der Waals surface area contributed by atoms with Crippen molar-refractivity contribution in [2.24, 2.45) is 0 Å². The molecule has 2 heterocycles. The summed E-state index contributed by atoms with van der Waals surface area (Å²) in [5, 5.41) is 107. The zero-order valence-electron chi connectivity index (χ0n) is 18.2. The Hall–Kier alpha value is -0.713. The van der Waals surface area contributed by atoms with E-state index < -0.39 is 111 Å². The molecule has 0 spiro atoms. The molecule has 3 radical (unpaired) electrons. The van der Waals surface area contributed by atoms with Crippen molar-refractivity contribution in [1.29, 1.82) is 0 Å². The van der Waals surface area contributed by atoms with Crippen LogP contribution in [0.3, 0.4) is 0 Å². The van der Waals surface area contributed by atoms with Crippen LogP contribution in [-0.4, -0.2) is 177 Å². The summed E-state index contributed by atoms with van der Waals surface area (Å²) in [4.78, 5) is 11.0. The lowest BCUT2D eigenvalue weighted by atomic mass is 9.98. The van der Waals surface area contributed by atoms with Crippen molar-refractivity contribution >= 4 is 15.6 Å². The molecule has 2 aliphatic rings. The third-order valence-corrected chi connectivity index (χ3v) is 6.00. The summed E-state index contributed by atoms with van der Waals surface area (Å²) < 4.78 is 20.8. The average molecular weight is 532 g/mol. The van der Waals surface area contributed by atoms with Gasteiger partial charge in [0.2, 0.25) is 0 Å². The Morgan fingerprint density at radius 3 is 1.74 bits per heavy atom. The van der Waals surface area contributed by atoms with Gasteiger partial charge in [0.1, 0.15) is 88.9 Å². The van der Waals surface area contributed by atoms with Gasteiger partial charge in [-0.25, -0.2) is 0 Å². The quantitative estimate of drug-likeness (QED) is 0.110. The molecule has 0 aromatic heterocycles. The van der Waals surface area contributed by atoms with Crippen molar-refractivity contribution in [2.45, 2.75) is 85.8 Å². The van der Waals surface area contributed by atoms with Crippen molar-refractivity contribution < 1.29 is 79.9 Å². The van der Waals surface area contributed by atoms with Gasteiger partial charge < -0.3 is 79.9 Å². The van der Waals surface area contributed by atoms with Gasteiger partial charge >= 0.3 is 0 Å². The lowest BCUT2D eigenvalue weighted by Crippen LogP contribution is -2.62. The van der Waals surface area contributed by atoms with Gasteiger partial charge in [-0.2, -0.15) is 0 Å². The smallest absolute Gasteiger partial charge is 0.186 e. The summed E-state index contributed by atoms with van der Waals surface area (Å²) in [5.74, 6) is 0. The number of hydrogen-bond acceptors (Lipinski definition) is 16. The van der Waals surface area contributed by atoms with Crippen LogP contribution < -0.4 is 0 Å². The Labute approximate surface area is 201 Å². The summed E-state index contributed by atoms with van der Waals surface area (Å²) in [6.45, 7) is -2.15. The fourth-order valence-corrected chi connectivity index (χ4v) is 3.62. The molecule has 2 fully saturated rings. The van der Waals surface area contributed by atoms with Crippen LogP contribution in [0.2, 0.25) is 0 Å². The minimum absolute atomic E-state index is 0.614. The first-order valence-electron chi connectivity index (χ1n) is 10.5. The number of carbonyl (C=O) groups is 1. The maximum Gasteiger partial charge on any atom is 0.186 e. The van der Waals surface area contributed by atoms with Crippen LogP contribution >= 0.6 is 0 Å². The second kappa shape index (κ2) is 13.2. The van der Waals surface area contributed by atoms with E-state index in [2.05, 4.69) is 10.2 Å². The van der Waals surface area contributed by atoms with Crippen LogP contribution in [0.1, 0.15) is 0 Å². The van der Waals surface area contributed by atoms with Gasteiger partial charge in [-0.1, -0.05) is 0 Å². The number of aliphatic hydroxyl groups excluding tert-OH is 11. The van der Waals surface area contributed by atoms with Gasteiger partial charge in [-0.3, -0.25) is 0 Å². The van der Waals surface area contributed by atoms with Crippen LogP contribution in [0.15, 0.2) is 0 Å². The van der Waals surface area contributed by atoms with E-state index in [4.69, 9.17) is 18.9 Å². The molecule has 203 valence electrons. The molecule has 11 N–H and O–H groups in total. The molecule has 2 aliphatic heterocycles. The van der Waals surface area contributed by atoms with Crippen LogP contribution in [-0.2, 0) is 23.7 Å². The molecule has 0 bridgehead atoms. The van der Waals surface area contributed by atoms with E-state index in [1.54, 1.807) is 0 Å². The summed E-state index contributed by atoms with van der Waals surface area (Å²) in [6.07, 6.45) is -24.6. The molecule has 35 heavy (non-hydrogen) atoms. The molecular weight excluding hydrogens is 500 g/mol. The third kappa shape index (κ3) is 7.20. The summed E-state index contributed by atoms with van der Waals surface area (Å²) in [7, 11) is 2.45. The molecule has 16 nitrogen and oxygen atoms in total. The van der Waals surface area contributed by atoms with Crippen molar-refractivity contribution in [3.63, 3.8) is 0 Å². The summed E-state index contributed by atoms with van der Waals surface area (Å²) in [6, 6.07) is 0. The molecule has 0 aromatic carbocycles. The minimum atomic E-state index is -2.09. The van der Waals surface area contributed by atoms with Gasteiger partial charge in [0.15, 0.2) is 12.6 Å². The zero-order valence-corrected chi connectivity index (χ0v) is 19.2. The van der Waals surface area contributed by atoms with E-state index in [1.165, 1.54) is 0 Å². The van der Waals surface area contributed by atoms with Crippen molar-refractivity contribution in [3.05, 3.63) is 0 Å². The van der Waals surface area contributed by atoms with Gasteiger partial charge in [0.25, 0.3) is 0 Å². The van der Waals surface area contributed by atoms with E-state index in [1.807, 2.05) is 0 Å². The molecule has 0 aliphatic carbocycles. The summed E-state index contributed by atoms with van der Waals surface area (Å²) in [5.41, 5.74) is 0. The highest BCUT2D eigenvalue weighted by atomic mass is 28.1. The van der Waals surface area contributed by atoms with E-state index in [0.717, 1.165) is 0 Å². The first-order valence-corrected chi connectivity index (χ1v) is 11.0. The zero-order chi connectivity index (χ0) is 26.6. The second-order valence-electron chi connectivity index (χ2n) is 8.24. The van der Waals surface area contributed by atoms with Gasteiger partial charge in [0.05, 0.1) is 19.8 Å². The largest absolute Gasteiger partial charge is 0.394 e. The Balaban J connectivity index is 1.96. The first kappa shape index (κ1) is 30.5. The molecule has 14 atom stereocenters. The van der Waals surface area contributed by atoms with Gasteiger partial charge in [-0.15, -0.1) is 0 Å². The second-order valence-corrected chi connectivity index (χ2v) is 8.73. The number of ether oxygens (including phenoxy) is 4. The summed E-state index contributed by atoms with van der Waals surface area (Å²) >= 11 is 0. The topological polar surface area (TPSA) is 277 Å². The first-order chi connectivity index (χ1) is 16.3. The molecule has 0 saturated carbocycles. The molecule has 0 unspecified atom stereocenters. The maximum absolute atomic E-state index is 11.0. The highest BCUT2D eigenvalue weighted by Gasteiger charge is 2.47. The standard InChI is InChI=1S/C18H31O16Si/c19-1-5-8(22)11(25)14(28)18(33-5)32-3-6-9(23)12(26)15(29)17(34-6)31-2-4(20)7(21)10(24)13(27)16(30)35/h4-15,17-29H,1-3H2/t4-,5-,6-,7-,8-,9-,10+,11+,12+,13-,14-,15-,17+,18+/m1/s1. The molecule has 17 heteroatoms.